The van der Waals surface area contributed by atoms with Crippen LogP contribution in [0.25, 0.3) is 0 Å². The van der Waals surface area contributed by atoms with Gasteiger partial charge in [-0.2, -0.15) is 0 Å². The summed E-state index contributed by atoms with van der Waals surface area (Å²) in [6.45, 7) is 5.52. The number of rotatable bonds is 4. The van der Waals surface area contributed by atoms with Crippen molar-refractivity contribution in [3.63, 3.8) is 0 Å². The molecule has 84 valence electrons. The van der Waals surface area contributed by atoms with Gasteiger partial charge in [0.15, 0.2) is 3.79 Å². The molecule has 1 atom stereocenters. The Bertz CT molecular complexity index is 211. The quantitative estimate of drug-likeness (QED) is 0.695. The molecule has 0 rings (SSSR count). The molecule has 1 nitrogen and oxygen atoms in total. The van der Waals surface area contributed by atoms with Gasteiger partial charge in [-0.05, 0) is 12.3 Å². The Labute approximate surface area is 109 Å². The van der Waals surface area contributed by atoms with Gasteiger partial charge in [-0.1, -0.05) is 64.6 Å². The molecule has 0 aliphatic carbocycles. The summed E-state index contributed by atoms with van der Waals surface area (Å²) >= 11 is 20.5. The Kier molecular flexibility index (Phi) is 5.77. The lowest BCUT2D eigenvalue weighted by Crippen LogP contribution is -2.30. The topological polar surface area (TPSA) is 17.1 Å². The summed E-state index contributed by atoms with van der Waals surface area (Å²) in [7, 11) is 0. The molecule has 0 fully saturated rings. The van der Waals surface area contributed by atoms with E-state index >= 15 is 0 Å². The smallest absolute Gasteiger partial charge is 0.191 e. The molecule has 0 aromatic rings. The lowest BCUT2D eigenvalue weighted by atomic mass is 9.83. The number of ketones is 1. The van der Waals surface area contributed by atoms with Gasteiger partial charge in [-0.3, -0.25) is 0 Å². The van der Waals surface area contributed by atoms with E-state index in [1.807, 2.05) is 13.8 Å². The fourth-order valence-electron chi connectivity index (χ4n) is 1.23. The summed E-state index contributed by atoms with van der Waals surface area (Å²) in [6, 6.07) is 0. The third-order valence-electron chi connectivity index (χ3n) is 1.96. The number of carbonyl (C=O) groups excluding carboxylic acids is 1. The van der Waals surface area contributed by atoms with E-state index in [9.17, 15) is 4.79 Å². The van der Waals surface area contributed by atoms with Crippen LogP contribution in [-0.2, 0) is 4.79 Å². The Hall–Kier alpha value is 1.02. The minimum atomic E-state index is -1.28. The van der Waals surface area contributed by atoms with Crippen LogP contribution >= 0.6 is 50.7 Å². The third-order valence-corrected chi connectivity index (χ3v) is 3.99. The maximum atomic E-state index is 11.0. The van der Waals surface area contributed by atoms with Crippen LogP contribution in [0.3, 0.4) is 0 Å². The van der Waals surface area contributed by atoms with E-state index in [0.717, 1.165) is 0 Å². The van der Waals surface area contributed by atoms with Crippen molar-refractivity contribution in [2.24, 2.45) is 5.41 Å². The van der Waals surface area contributed by atoms with Crippen LogP contribution in [0.15, 0.2) is 0 Å². The van der Waals surface area contributed by atoms with Crippen LogP contribution < -0.4 is 0 Å². The molecule has 0 aliphatic heterocycles. The normalized spacial score (nSPS) is 15.4. The predicted octanol–water partition coefficient (Wildman–Crippen LogP) is 4.52. The minimum Gasteiger partial charge on any atom is -0.300 e. The van der Waals surface area contributed by atoms with Gasteiger partial charge in [0, 0.05) is 17.7 Å². The second-order valence-corrected chi connectivity index (χ2v) is 7.78. The highest BCUT2D eigenvalue weighted by Crippen LogP contribution is 2.41. The summed E-state index contributed by atoms with van der Waals surface area (Å²) in [5, 5.41) is 0. The molecule has 0 aliphatic rings. The molecule has 0 bridgehead atoms. The highest BCUT2D eigenvalue weighted by molar-refractivity contribution is 9.09. The third kappa shape index (κ3) is 6.49. The molecule has 0 aromatic heterocycles. The van der Waals surface area contributed by atoms with Crippen LogP contribution in [0.5, 0.6) is 0 Å². The first-order chi connectivity index (χ1) is 6.04. The van der Waals surface area contributed by atoms with E-state index in [1.165, 1.54) is 0 Å². The van der Waals surface area contributed by atoms with Crippen LogP contribution in [-0.4, -0.2) is 14.4 Å². The number of hydrogen-bond donors (Lipinski definition) is 0. The Morgan fingerprint density at radius 2 is 1.79 bits per heavy atom. The minimum absolute atomic E-state index is 0.00593. The number of hydrogen-bond acceptors (Lipinski definition) is 1. The van der Waals surface area contributed by atoms with Crippen LogP contribution in [0, 0.1) is 5.41 Å². The van der Waals surface area contributed by atoms with Gasteiger partial charge >= 0.3 is 0 Å². The van der Waals surface area contributed by atoms with Gasteiger partial charge in [0.05, 0.1) is 0 Å². The molecule has 0 saturated heterocycles. The van der Waals surface area contributed by atoms with Crippen molar-refractivity contribution in [2.45, 2.75) is 42.2 Å². The maximum Gasteiger partial charge on any atom is 0.191 e. The first kappa shape index (κ1) is 15.0. The number of Topliss-reactive ketones (excluding diaryl/α,β-unsaturated/α-hetero) is 1. The summed E-state index contributed by atoms with van der Waals surface area (Å²) in [5.41, 5.74) is -0.199. The van der Waals surface area contributed by atoms with Gasteiger partial charge in [-0.15, -0.1) is 0 Å². The molecular weight excluding hydrogens is 310 g/mol. The SMILES string of the molecule is CC(=O)CC(C)(C)C(Br)CC(Cl)(Cl)Cl. The number of carbonyl (C=O) groups is 1. The highest BCUT2D eigenvalue weighted by Gasteiger charge is 2.34. The van der Waals surface area contributed by atoms with Crippen LogP contribution in [0.4, 0.5) is 0 Å². The van der Waals surface area contributed by atoms with Crippen molar-refractivity contribution in [3.8, 4) is 0 Å². The Morgan fingerprint density at radius 1 is 1.36 bits per heavy atom. The van der Waals surface area contributed by atoms with Gasteiger partial charge in [0.2, 0.25) is 0 Å². The van der Waals surface area contributed by atoms with Crippen molar-refractivity contribution < 1.29 is 4.79 Å². The molecule has 0 spiro atoms. The highest BCUT2D eigenvalue weighted by atomic mass is 79.9. The molecule has 14 heavy (non-hydrogen) atoms. The van der Waals surface area contributed by atoms with Gasteiger partial charge in [0.25, 0.3) is 0 Å². The average Bonchev–Trinajstić information content (AvgIpc) is 1.79. The van der Waals surface area contributed by atoms with Crippen LogP contribution in [0.2, 0.25) is 0 Å². The summed E-state index contributed by atoms with van der Waals surface area (Å²) in [4.78, 5) is 11.0. The zero-order valence-electron chi connectivity index (χ0n) is 8.41. The Morgan fingerprint density at radius 3 is 2.07 bits per heavy atom. The zero-order chi connectivity index (χ0) is 11.6. The van der Waals surface area contributed by atoms with Crippen molar-refractivity contribution in [3.05, 3.63) is 0 Å². The maximum absolute atomic E-state index is 11.0. The van der Waals surface area contributed by atoms with Crippen molar-refractivity contribution >= 4 is 56.5 Å². The van der Waals surface area contributed by atoms with E-state index in [0.29, 0.717) is 12.8 Å². The van der Waals surface area contributed by atoms with Gasteiger partial charge in [0.1, 0.15) is 5.78 Å². The second kappa shape index (κ2) is 5.38. The molecule has 0 heterocycles. The van der Waals surface area contributed by atoms with E-state index in [-0.39, 0.29) is 16.0 Å². The van der Waals surface area contributed by atoms with Gasteiger partial charge in [-0.25, -0.2) is 0 Å². The van der Waals surface area contributed by atoms with E-state index in [1.54, 1.807) is 6.92 Å². The van der Waals surface area contributed by atoms with Crippen molar-refractivity contribution in [1.82, 2.24) is 0 Å². The van der Waals surface area contributed by atoms with Crippen molar-refractivity contribution in [2.75, 3.05) is 0 Å². The zero-order valence-corrected chi connectivity index (χ0v) is 12.3. The molecule has 0 aromatic carbocycles. The molecule has 0 amide bonds. The van der Waals surface area contributed by atoms with E-state index < -0.39 is 3.79 Å². The standard InChI is InChI=1S/C9H14BrCl3O/c1-6(14)4-8(2,3)7(10)5-9(11,12)13/h7H,4-5H2,1-3H3. The molecule has 0 saturated carbocycles. The van der Waals surface area contributed by atoms with Gasteiger partial charge < -0.3 is 4.79 Å². The molecule has 0 radical (unpaired) electrons. The molecule has 5 heteroatoms. The first-order valence-electron chi connectivity index (χ1n) is 4.25. The molecular formula is C9H14BrCl3O. The molecule has 0 N–H and O–H groups in total. The molecule has 1 unspecified atom stereocenters. The summed E-state index contributed by atoms with van der Waals surface area (Å²) in [5.74, 6) is 0.142. The lowest BCUT2D eigenvalue weighted by Gasteiger charge is -2.31. The average molecular weight is 324 g/mol. The van der Waals surface area contributed by atoms with Crippen molar-refractivity contribution in [1.29, 1.82) is 0 Å². The fraction of sp³-hybridized carbons (Fsp3) is 0.889. The largest absolute Gasteiger partial charge is 0.300 e. The second-order valence-electron chi connectivity index (χ2n) is 4.15. The Balaban J connectivity index is 4.35. The number of halogens is 4. The lowest BCUT2D eigenvalue weighted by molar-refractivity contribution is -0.118. The summed E-state index contributed by atoms with van der Waals surface area (Å²) in [6.07, 6.45) is 0.863. The monoisotopic (exact) mass is 322 g/mol. The fourth-order valence-corrected chi connectivity index (χ4v) is 2.90. The first-order valence-corrected chi connectivity index (χ1v) is 6.30. The van der Waals surface area contributed by atoms with Crippen LogP contribution in [0.1, 0.15) is 33.6 Å². The predicted molar refractivity (Wildman–Crippen MR) is 66.7 cm³/mol. The summed E-state index contributed by atoms with van der Waals surface area (Å²) < 4.78 is -1.28. The number of alkyl halides is 4. The van der Waals surface area contributed by atoms with E-state index in [2.05, 4.69) is 15.9 Å². The van der Waals surface area contributed by atoms with E-state index in [4.69, 9.17) is 34.8 Å².